The maximum Gasteiger partial charge on any atom is 0.263 e. The van der Waals surface area contributed by atoms with Crippen LogP contribution in [-0.2, 0) is 0 Å². The molecule has 2 N–H and O–H groups in total. The van der Waals surface area contributed by atoms with Gasteiger partial charge in [0.15, 0.2) is 0 Å². The second-order valence-electron chi connectivity index (χ2n) is 7.65. The third kappa shape index (κ3) is 4.85. The van der Waals surface area contributed by atoms with E-state index < -0.39 is 0 Å². The normalized spacial score (nSPS) is 18.0. The van der Waals surface area contributed by atoms with Gasteiger partial charge in [0.1, 0.15) is 5.56 Å². The molecule has 4 rings (SSSR count). The van der Waals surface area contributed by atoms with Crippen LogP contribution < -0.4 is 10.9 Å². The Morgan fingerprint density at radius 3 is 2.41 bits per heavy atom. The van der Waals surface area contributed by atoms with Crippen LogP contribution in [0.25, 0.3) is 0 Å². The van der Waals surface area contributed by atoms with Crippen LogP contribution in [0, 0.1) is 6.92 Å². The molecule has 0 aromatic carbocycles. The van der Waals surface area contributed by atoms with Crippen molar-refractivity contribution in [3.05, 3.63) is 51.7 Å². The van der Waals surface area contributed by atoms with Crippen LogP contribution in [-0.4, -0.2) is 51.8 Å². The third-order valence-corrected chi connectivity index (χ3v) is 5.99. The number of nitrogens with zero attached hydrogens (tertiary/aromatic N) is 3. The lowest BCUT2D eigenvalue weighted by atomic mass is 9.93. The zero-order chi connectivity index (χ0) is 18.8. The largest absolute Gasteiger partial charge is 0.338 e. The zero-order valence-electron chi connectivity index (χ0n) is 16.6. The van der Waals surface area contributed by atoms with Gasteiger partial charge in [0.05, 0.1) is 0 Å². The Labute approximate surface area is 183 Å². The average molecular weight is 442 g/mol. The summed E-state index contributed by atoms with van der Waals surface area (Å²) < 4.78 is 1.78. The van der Waals surface area contributed by atoms with E-state index in [-0.39, 0.29) is 42.3 Å². The van der Waals surface area contributed by atoms with Gasteiger partial charge in [-0.05, 0) is 63.4 Å². The van der Waals surface area contributed by atoms with Gasteiger partial charge in [0, 0.05) is 43.1 Å². The highest BCUT2D eigenvalue weighted by molar-refractivity contribution is 5.95. The van der Waals surface area contributed by atoms with Crippen molar-refractivity contribution in [3.8, 4) is 0 Å². The summed E-state index contributed by atoms with van der Waals surface area (Å²) in [5.74, 6) is 0.281. The monoisotopic (exact) mass is 441 g/mol. The predicted octanol–water partition coefficient (Wildman–Crippen LogP) is 2.67. The van der Waals surface area contributed by atoms with Crippen molar-refractivity contribution in [2.24, 2.45) is 0 Å². The molecular formula is C20H29Cl2N5O2. The van der Waals surface area contributed by atoms with Crippen molar-refractivity contribution in [2.75, 3.05) is 26.2 Å². The fraction of sp³-hybridized carbons (Fsp3) is 0.550. The maximum atomic E-state index is 13.1. The number of H-pyrrole nitrogens is 1. The Kier molecular flexibility index (Phi) is 8.31. The number of nitrogens with one attached hydrogen (secondary N) is 2. The zero-order valence-corrected chi connectivity index (χ0v) is 18.2. The van der Waals surface area contributed by atoms with E-state index in [1.165, 1.54) is 0 Å². The van der Waals surface area contributed by atoms with Gasteiger partial charge >= 0.3 is 0 Å². The van der Waals surface area contributed by atoms with Crippen LogP contribution in [0.3, 0.4) is 0 Å². The number of halogens is 2. The summed E-state index contributed by atoms with van der Waals surface area (Å²) >= 11 is 0. The van der Waals surface area contributed by atoms with Gasteiger partial charge in [0.25, 0.3) is 11.5 Å². The number of rotatable bonds is 3. The van der Waals surface area contributed by atoms with Gasteiger partial charge in [-0.15, -0.1) is 24.8 Å². The van der Waals surface area contributed by atoms with E-state index >= 15 is 0 Å². The molecule has 2 saturated heterocycles. The molecule has 2 aromatic rings. The minimum atomic E-state index is -0.136. The number of aromatic amines is 1. The summed E-state index contributed by atoms with van der Waals surface area (Å²) in [6.07, 6.45) is 7.25. The van der Waals surface area contributed by atoms with Crippen molar-refractivity contribution in [2.45, 2.75) is 44.6 Å². The Morgan fingerprint density at radius 1 is 1.10 bits per heavy atom. The molecule has 0 saturated carbocycles. The second-order valence-corrected chi connectivity index (χ2v) is 7.65. The molecule has 160 valence electrons. The molecule has 2 aliphatic heterocycles. The number of carbonyl (C=O) groups excluding carboxylic acids is 1. The first-order valence-corrected chi connectivity index (χ1v) is 9.86. The SMILES string of the molecule is Cc1ccn(C2CCNCC2)c(=O)c1C(=O)N1CCC(c2ccn[nH]2)CC1.Cl.Cl. The number of aryl methyl sites for hydroxylation is 1. The Morgan fingerprint density at radius 2 is 1.79 bits per heavy atom. The first-order valence-electron chi connectivity index (χ1n) is 9.86. The summed E-state index contributed by atoms with van der Waals surface area (Å²) in [4.78, 5) is 28.1. The second kappa shape index (κ2) is 10.3. The number of carbonyl (C=O) groups is 1. The number of aromatic nitrogens is 3. The van der Waals surface area contributed by atoms with Gasteiger partial charge in [-0.25, -0.2) is 0 Å². The van der Waals surface area contributed by atoms with Gasteiger partial charge in [-0.2, -0.15) is 5.10 Å². The molecule has 0 radical (unpaired) electrons. The average Bonchev–Trinajstić information content (AvgIpc) is 3.24. The minimum absolute atomic E-state index is 0. The molecular weight excluding hydrogens is 413 g/mol. The van der Waals surface area contributed by atoms with Gasteiger partial charge in [0.2, 0.25) is 0 Å². The standard InChI is InChI=1S/C20H27N5O2.2ClH/c1-14-5-13-25(16-2-8-21-9-3-16)20(27)18(14)19(26)24-11-6-15(7-12-24)17-4-10-22-23-17;;/h4-5,10,13,15-16,21H,2-3,6-9,11-12H2,1H3,(H,22,23);2*1H. The molecule has 1 amide bonds. The van der Waals surface area contributed by atoms with E-state index in [2.05, 4.69) is 15.5 Å². The quantitative estimate of drug-likeness (QED) is 0.766. The third-order valence-electron chi connectivity index (χ3n) is 5.99. The van der Waals surface area contributed by atoms with Crippen LogP contribution in [0.2, 0.25) is 0 Å². The highest BCUT2D eigenvalue weighted by Gasteiger charge is 2.28. The molecule has 7 nitrogen and oxygen atoms in total. The summed E-state index contributed by atoms with van der Waals surface area (Å²) in [5.41, 5.74) is 2.11. The van der Waals surface area contributed by atoms with Crippen LogP contribution >= 0.6 is 24.8 Å². The lowest BCUT2D eigenvalue weighted by Crippen LogP contribution is -2.43. The molecule has 0 atom stereocenters. The fourth-order valence-corrected chi connectivity index (χ4v) is 4.32. The van der Waals surface area contributed by atoms with E-state index in [1.54, 1.807) is 10.8 Å². The summed E-state index contributed by atoms with van der Waals surface area (Å²) in [5, 5.41) is 10.4. The first kappa shape index (κ1) is 23.4. The van der Waals surface area contributed by atoms with E-state index in [1.807, 2.05) is 30.2 Å². The number of pyridine rings is 1. The Balaban J connectivity index is 0.00000150. The Bertz CT molecular complexity index is 854. The molecule has 2 aliphatic rings. The van der Waals surface area contributed by atoms with Crippen LogP contribution in [0.1, 0.15) is 59.3 Å². The molecule has 0 unspecified atom stereocenters. The molecule has 2 fully saturated rings. The smallest absolute Gasteiger partial charge is 0.263 e. The summed E-state index contributed by atoms with van der Waals surface area (Å²) in [7, 11) is 0. The Hall–Kier alpha value is -1.83. The molecule has 4 heterocycles. The number of likely N-dealkylation sites (tertiary alicyclic amines) is 1. The van der Waals surface area contributed by atoms with Crippen molar-refractivity contribution < 1.29 is 4.79 Å². The predicted molar refractivity (Wildman–Crippen MR) is 118 cm³/mol. The lowest BCUT2D eigenvalue weighted by molar-refractivity contribution is 0.0708. The van der Waals surface area contributed by atoms with Gasteiger partial charge in [-0.3, -0.25) is 14.7 Å². The number of hydrogen-bond acceptors (Lipinski definition) is 4. The molecule has 9 heteroatoms. The van der Waals surface area contributed by atoms with E-state index in [4.69, 9.17) is 0 Å². The van der Waals surface area contributed by atoms with Crippen molar-refractivity contribution >= 4 is 30.7 Å². The number of piperidine rings is 2. The van der Waals surface area contributed by atoms with Crippen molar-refractivity contribution in [3.63, 3.8) is 0 Å². The molecule has 0 aliphatic carbocycles. The van der Waals surface area contributed by atoms with Crippen molar-refractivity contribution in [1.82, 2.24) is 25.0 Å². The minimum Gasteiger partial charge on any atom is -0.338 e. The topological polar surface area (TPSA) is 83.0 Å². The highest BCUT2D eigenvalue weighted by Crippen LogP contribution is 2.27. The van der Waals surface area contributed by atoms with Crippen molar-refractivity contribution in [1.29, 1.82) is 0 Å². The summed E-state index contributed by atoms with van der Waals surface area (Å²) in [6, 6.07) is 4.09. The van der Waals surface area contributed by atoms with Crippen LogP contribution in [0.15, 0.2) is 29.3 Å². The highest BCUT2D eigenvalue weighted by atomic mass is 35.5. The van der Waals surface area contributed by atoms with Gasteiger partial charge < -0.3 is 14.8 Å². The number of hydrogen-bond donors (Lipinski definition) is 2. The van der Waals surface area contributed by atoms with E-state index in [9.17, 15) is 9.59 Å². The first-order chi connectivity index (χ1) is 13.1. The molecule has 0 spiro atoms. The number of amides is 1. The fourth-order valence-electron chi connectivity index (χ4n) is 4.32. The lowest BCUT2D eigenvalue weighted by Gasteiger charge is -2.32. The molecule has 2 aromatic heterocycles. The van der Waals surface area contributed by atoms with Crippen LogP contribution in [0.4, 0.5) is 0 Å². The molecule has 0 bridgehead atoms. The van der Waals surface area contributed by atoms with Crippen LogP contribution in [0.5, 0.6) is 0 Å². The van der Waals surface area contributed by atoms with E-state index in [0.717, 1.165) is 50.0 Å². The maximum absolute atomic E-state index is 13.1. The summed E-state index contributed by atoms with van der Waals surface area (Å²) in [6.45, 7) is 5.02. The molecule has 29 heavy (non-hydrogen) atoms. The van der Waals surface area contributed by atoms with Gasteiger partial charge in [-0.1, -0.05) is 0 Å². The van der Waals surface area contributed by atoms with E-state index in [0.29, 0.717) is 24.6 Å².